The summed E-state index contributed by atoms with van der Waals surface area (Å²) in [5.41, 5.74) is 0.0312. The number of amides is 1. The first kappa shape index (κ1) is 12.6. The second-order valence-corrected chi connectivity index (χ2v) is 4.15. The van der Waals surface area contributed by atoms with E-state index in [1.165, 1.54) is 24.3 Å². The minimum absolute atomic E-state index is 0.231. The molecule has 1 N–H and O–H groups in total. The van der Waals surface area contributed by atoms with E-state index in [2.05, 4.69) is 5.32 Å². The van der Waals surface area contributed by atoms with Crippen molar-refractivity contribution in [1.82, 2.24) is 5.32 Å². The number of nitrogens with one attached hydrogen (secondary N) is 1. The van der Waals surface area contributed by atoms with Crippen LogP contribution in [0.25, 0.3) is 0 Å². The van der Waals surface area contributed by atoms with Gasteiger partial charge in [0, 0.05) is 19.2 Å². The second kappa shape index (κ2) is 5.07. The highest BCUT2D eigenvalue weighted by atomic mass is 19.1. The summed E-state index contributed by atoms with van der Waals surface area (Å²) >= 11 is 0. The maximum absolute atomic E-state index is 12.6. The molecule has 1 aromatic carbocycles. The Morgan fingerprint density at radius 3 is 2.44 bits per heavy atom. The topological polar surface area (TPSA) is 38.3 Å². The molecule has 0 radical (unpaired) electrons. The Hall–Kier alpha value is -1.42. The first-order valence-corrected chi connectivity index (χ1v) is 5.03. The lowest BCUT2D eigenvalue weighted by Crippen LogP contribution is -2.39. The fourth-order valence-electron chi connectivity index (χ4n) is 1.07. The summed E-state index contributed by atoms with van der Waals surface area (Å²) in [5, 5.41) is 2.72. The van der Waals surface area contributed by atoms with Gasteiger partial charge in [0.25, 0.3) is 5.91 Å². The number of hydrogen-bond acceptors (Lipinski definition) is 2. The Balaban J connectivity index is 2.56. The number of benzene rings is 1. The molecule has 0 spiro atoms. The molecule has 0 saturated carbocycles. The van der Waals surface area contributed by atoms with Gasteiger partial charge in [0.15, 0.2) is 0 Å². The van der Waals surface area contributed by atoms with E-state index in [0.717, 1.165) is 0 Å². The number of halogens is 1. The average Bonchev–Trinajstić information content (AvgIpc) is 2.27. The zero-order chi connectivity index (χ0) is 12.2. The van der Waals surface area contributed by atoms with Crippen molar-refractivity contribution in [3.8, 4) is 0 Å². The lowest BCUT2D eigenvalue weighted by molar-refractivity contribution is 0.0229. The van der Waals surface area contributed by atoms with E-state index >= 15 is 0 Å². The van der Waals surface area contributed by atoms with Gasteiger partial charge in [-0.15, -0.1) is 0 Å². The van der Waals surface area contributed by atoms with Crippen LogP contribution in [0.4, 0.5) is 4.39 Å². The summed E-state index contributed by atoms with van der Waals surface area (Å²) in [5.74, 6) is -0.584. The molecule has 0 aliphatic rings. The Labute approximate surface area is 94.6 Å². The van der Waals surface area contributed by atoms with Gasteiger partial charge >= 0.3 is 0 Å². The largest absolute Gasteiger partial charge is 0.377 e. The lowest BCUT2D eigenvalue weighted by Gasteiger charge is -2.23. The van der Waals surface area contributed by atoms with E-state index in [-0.39, 0.29) is 11.7 Å². The van der Waals surface area contributed by atoms with Crippen molar-refractivity contribution in [2.75, 3.05) is 13.7 Å². The van der Waals surface area contributed by atoms with Crippen molar-refractivity contribution in [3.05, 3.63) is 35.6 Å². The SMILES string of the molecule is COC(C)(C)CNC(=O)c1ccc(F)cc1. The summed E-state index contributed by atoms with van der Waals surface area (Å²) in [6.07, 6.45) is 0. The minimum Gasteiger partial charge on any atom is -0.377 e. The molecule has 0 fully saturated rings. The van der Waals surface area contributed by atoms with E-state index < -0.39 is 5.60 Å². The van der Waals surface area contributed by atoms with Gasteiger partial charge in [-0.2, -0.15) is 0 Å². The molecule has 0 bridgehead atoms. The molecule has 1 rings (SSSR count). The number of carbonyl (C=O) groups excluding carboxylic acids is 1. The summed E-state index contributed by atoms with van der Waals surface area (Å²) < 4.78 is 17.8. The predicted molar refractivity (Wildman–Crippen MR) is 59.8 cm³/mol. The van der Waals surface area contributed by atoms with Crippen molar-refractivity contribution in [2.45, 2.75) is 19.4 Å². The van der Waals surface area contributed by atoms with E-state index in [1.807, 2.05) is 13.8 Å². The molecule has 0 aromatic heterocycles. The minimum atomic E-state index is -0.407. The van der Waals surface area contributed by atoms with Crippen LogP contribution in [0.5, 0.6) is 0 Å². The van der Waals surface area contributed by atoms with Crippen molar-refractivity contribution < 1.29 is 13.9 Å². The van der Waals surface area contributed by atoms with Crippen LogP contribution in [0.3, 0.4) is 0 Å². The van der Waals surface area contributed by atoms with Gasteiger partial charge in [-0.05, 0) is 38.1 Å². The van der Waals surface area contributed by atoms with Gasteiger partial charge in [-0.25, -0.2) is 4.39 Å². The maximum atomic E-state index is 12.6. The number of carbonyl (C=O) groups is 1. The number of rotatable bonds is 4. The van der Waals surface area contributed by atoms with Crippen molar-refractivity contribution in [2.24, 2.45) is 0 Å². The zero-order valence-electron chi connectivity index (χ0n) is 9.71. The van der Waals surface area contributed by atoms with Gasteiger partial charge < -0.3 is 10.1 Å². The molecule has 4 heteroatoms. The summed E-state index contributed by atoms with van der Waals surface area (Å²) in [7, 11) is 1.59. The van der Waals surface area contributed by atoms with Crippen molar-refractivity contribution >= 4 is 5.91 Å². The van der Waals surface area contributed by atoms with E-state index in [1.54, 1.807) is 7.11 Å². The van der Waals surface area contributed by atoms with Crippen LogP contribution in [-0.2, 0) is 4.74 Å². The van der Waals surface area contributed by atoms with Crippen LogP contribution in [0.1, 0.15) is 24.2 Å². The van der Waals surface area contributed by atoms with Crippen LogP contribution >= 0.6 is 0 Å². The van der Waals surface area contributed by atoms with E-state index in [0.29, 0.717) is 12.1 Å². The number of hydrogen-bond donors (Lipinski definition) is 1. The van der Waals surface area contributed by atoms with Gasteiger partial charge in [0.2, 0.25) is 0 Å². The molecule has 0 heterocycles. The Morgan fingerprint density at radius 2 is 1.94 bits per heavy atom. The first-order chi connectivity index (χ1) is 7.44. The van der Waals surface area contributed by atoms with Crippen LogP contribution in [0.15, 0.2) is 24.3 Å². The molecule has 0 atom stereocenters. The monoisotopic (exact) mass is 225 g/mol. The molecule has 3 nitrogen and oxygen atoms in total. The predicted octanol–water partition coefficient (Wildman–Crippen LogP) is 1.98. The molecular weight excluding hydrogens is 209 g/mol. The molecule has 1 aromatic rings. The lowest BCUT2D eigenvalue weighted by atomic mass is 10.1. The molecular formula is C12H16FNO2. The third kappa shape index (κ3) is 3.62. The summed E-state index contributed by atoms with van der Waals surface area (Å²) in [4.78, 5) is 11.6. The van der Waals surface area contributed by atoms with Crippen LogP contribution in [-0.4, -0.2) is 25.2 Å². The highest BCUT2D eigenvalue weighted by molar-refractivity contribution is 5.94. The third-order valence-electron chi connectivity index (χ3n) is 2.33. The molecule has 0 aliphatic heterocycles. The first-order valence-electron chi connectivity index (χ1n) is 5.03. The number of ether oxygens (including phenoxy) is 1. The molecule has 16 heavy (non-hydrogen) atoms. The maximum Gasteiger partial charge on any atom is 0.251 e. The normalized spacial score (nSPS) is 11.2. The smallest absolute Gasteiger partial charge is 0.251 e. The molecule has 1 amide bonds. The highest BCUT2D eigenvalue weighted by Crippen LogP contribution is 2.06. The molecule has 0 aliphatic carbocycles. The fraction of sp³-hybridized carbons (Fsp3) is 0.417. The quantitative estimate of drug-likeness (QED) is 0.851. The number of methoxy groups -OCH3 is 1. The van der Waals surface area contributed by atoms with Crippen molar-refractivity contribution in [3.63, 3.8) is 0 Å². The van der Waals surface area contributed by atoms with Gasteiger partial charge in [-0.3, -0.25) is 4.79 Å². The van der Waals surface area contributed by atoms with E-state index in [4.69, 9.17) is 4.74 Å². The highest BCUT2D eigenvalue weighted by Gasteiger charge is 2.17. The van der Waals surface area contributed by atoms with Crippen molar-refractivity contribution in [1.29, 1.82) is 0 Å². The fourth-order valence-corrected chi connectivity index (χ4v) is 1.07. The van der Waals surface area contributed by atoms with Gasteiger partial charge in [0.1, 0.15) is 5.82 Å². The summed E-state index contributed by atoms with van der Waals surface area (Å²) in [6.45, 7) is 4.15. The van der Waals surface area contributed by atoms with Gasteiger partial charge in [0.05, 0.1) is 5.60 Å². The zero-order valence-corrected chi connectivity index (χ0v) is 9.71. The average molecular weight is 225 g/mol. The van der Waals surface area contributed by atoms with Gasteiger partial charge in [-0.1, -0.05) is 0 Å². The molecule has 88 valence electrons. The third-order valence-corrected chi connectivity index (χ3v) is 2.33. The standard InChI is InChI=1S/C12H16FNO2/c1-12(2,16-3)8-14-11(15)9-4-6-10(13)7-5-9/h4-7H,8H2,1-3H3,(H,14,15). The second-order valence-electron chi connectivity index (χ2n) is 4.15. The van der Waals surface area contributed by atoms with Crippen LogP contribution in [0.2, 0.25) is 0 Å². The summed E-state index contributed by atoms with van der Waals surface area (Å²) in [6, 6.07) is 5.42. The van der Waals surface area contributed by atoms with Crippen LogP contribution in [0, 0.1) is 5.82 Å². The Bertz CT molecular complexity index is 360. The Morgan fingerprint density at radius 1 is 1.38 bits per heavy atom. The molecule has 0 saturated heterocycles. The molecule has 0 unspecified atom stereocenters. The van der Waals surface area contributed by atoms with Crippen LogP contribution < -0.4 is 5.32 Å². The Kier molecular flexibility index (Phi) is 4.01. The van der Waals surface area contributed by atoms with E-state index in [9.17, 15) is 9.18 Å².